The summed E-state index contributed by atoms with van der Waals surface area (Å²) in [4.78, 5) is 20.1. The van der Waals surface area contributed by atoms with Gasteiger partial charge in [-0.05, 0) is 65.0 Å². The molecule has 0 N–H and O–H groups in total. The second-order valence-electron chi connectivity index (χ2n) is 14.7. The average molecular weight is 741 g/mol. The molecule has 4 heterocycles. The van der Waals surface area contributed by atoms with Crippen LogP contribution in [0.4, 0.5) is 0 Å². The molecule has 0 atom stereocenters. The van der Waals surface area contributed by atoms with E-state index in [0.717, 1.165) is 66.7 Å². The van der Waals surface area contributed by atoms with Crippen LogP contribution in [0.1, 0.15) is 0 Å². The normalized spacial score (nSPS) is 11.8. The standard InChI is InChI=1S/C52H32N6/c1-3-14-34(15-4-1)49-54-50(35-16-5-2-6-17-35)56-51(55-49)37-19-13-18-36(32-37)33-26-28-38(29-27-33)57-44-24-11-8-21-41(44)47-46(57)31-30-40-39-20-7-10-23-43(39)58-45-25-12-9-22-42(45)53-52(58)48(40)47/h1-32H. The topological polar surface area (TPSA) is 60.9 Å². The van der Waals surface area contributed by atoms with Crippen molar-refractivity contribution in [3.8, 4) is 51.0 Å². The van der Waals surface area contributed by atoms with Gasteiger partial charge in [0, 0.05) is 43.9 Å². The van der Waals surface area contributed by atoms with Crippen molar-refractivity contribution in [3.05, 3.63) is 194 Å². The Morgan fingerprint density at radius 2 is 0.879 bits per heavy atom. The van der Waals surface area contributed by atoms with Crippen molar-refractivity contribution in [1.29, 1.82) is 0 Å². The molecule has 6 nitrogen and oxygen atoms in total. The Labute approximate surface area is 333 Å². The van der Waals surface area contributed by atoms with Gasteiger partial charge in [0.2, 0.25) is 0 Å². The first-order valence-electron chi connectivity index (χ1n) is 19.5. The van der Waals surface area contributed by atoms with Crippen LogP contribution in [-0.4, -0.2) is 28.9 Å². The highest BCUT2D eigenvalue weighted by Crippen LogP contribution is 2.42. The largest absolute Gasteiger partial charge is 0.309 e. The van der Waals surface area contributed by atoms with Crippen LogP contribution in [0.25, 0.3) is 111 Å². The summed E-state index contributed by atoms with van der Waals surface area (Å²) in [6.45, 7) is 0. The number of rotatable bonds is 5. The molecule has 8 aromatic carbocycles. The first kappa shape index (κ1) is 32.3. The average Bonchev–Trinajstić information content (AvgIpc) is 3.86. The van der Waals surface area contributed by atoms with Gasteiger partial charge < -0.3 is 4.57 Å². The van der Waals surface area contributed by atoms with E-state index in [0.29, 0.717) is 17.5 Å². The highest BCUT2D eigenvalue weighted by atomic mass is 15.0. The fourth-order valence-corrected chi connectivity index (χ4v) is 8.71. The fourth-order valence-electron chi connectivity index (χ4n) is 8.71. The third-order valence-electron chi connectivity index (χ3n) is 11.3. The molecule has 58 heavy (non-hydrogen) atoms. The molecule has 0 aliphatic heterocycles. The van der Waals surface area contributed by atoms with Crippen LogP contribution in [0, 0.1) is 0 Å². The quantitative estimate of drug-likeness (QED) is 0.165. The molecule has 6 heteroatoms. The van der Waals surface area contributed by atoms with Gasteiger partial charge in [0.05, 0.1) is 27.6 Å². The highest BCUT2D eigenvalue weighted by molar-refractivity contribution is 6.29. The van der Waals surface area contributed by atoms with Gasteiger partial charge in [-0.25, -0.2) is 19.9 Å². The Kier molecular flexibility index (Phi) is 7.13. The lowest BCUT2D eigenvalue weighted by atomic mass is 10.0. The third-order valence-corrected chi connectivity index (χ3v) is 11.3. The fraction of sp³-hybridized carbons (Fsp3) is 0. The molecule has 0 saturated carbocycles. The predicted octanol–water partition coefficient (Wildman–Crippen LogP) is 12.7. The summed E-state index contributed by atoms with van der Waals surface area (Å²) in [6, 6.07) is 67.9. The lowest BCUT2D eigenvalue weighted by Crippen LogP contribution is -2.00. The molecule has 0 saturated heterocycles. The Bertz CT molecular complexity index is 3490. The highest BCUT2D eigenvalue weighted by Gasteiger charge is 2.21. The van der Waals surface area contributed by atoms with Gasteiger partial charge in [-0.3, -0.25) is 4.40 Å². The zero-order valence-electron chi connectivity index (χ0n) is 31.2. The minimum Gasteiger partial charge on any atom is -0.309 e. The van der Waals surface area contributed by atoms with Crippen LogP contribution >= 0.6 is 0 Å². The van der Waals surface area contributed by atoms with Gasteiger partial charge in [-0.2, -0.15) is 0 Å². The maximum absolute atomic E-state index is 5.29. The molecule has 0 unspecified atom stereocenters. The van der Waals surface area contributed by atoms with Gasteiger partial charge in [-0.15, -0.1) is 0 Å². The summed E-state index contributed by atoms with van der Waals surface area (Å²) >= 11 is 0. The molecule has 0 radical (unpaired) electrons. The maximum Gasteiger partial charge on any atom is 0.164 e. The van der Waals surface area contributed by atoms with Crippen LogP contribution in [0.15, 0.2) is 194 Å². The molecule has 12 aromatic rings. The molecule has 0 aliphatic carbocycles. The van der Waals surface area contributed by atoms with Gasteiger partial charge in [0.25, 0.3) is 0 Å². The van der Waals surface area contributed by atoms with E-state index in [1.165, 1.54) is 26.9 Å². The Balaban J connectivity index is 1.00. The second-order valence-corrected chi connectivity index (χ2v) is 14.7. The van der Waals surface area contributed by atoms with Crippen molar-refractivity contribution < 1.29 is 0 Å². The van der Waals surface area contributed by atoms with E-state index >= 15 is 0 Å². The van der Waals surface area contributed by atoms with E-state index in [1.54, 1.807) is 0 Å². The van der Waals surface area contributed by atoms with E-state index in [2.05, 4.69) is 142 Å². The van der Waals surface area contributed by atoms with Gasteiger partial charge in [0.15, 0.2) is 17.5 Å². The van der Waals surface area contributed by atoms with Crippen molar-refractivity contribution >= 4 is 60.2 Å². The van der Waals surface area contributed by atoms with E-state index in [1.807, 2.05) is 60.7 Å². The number of fused-ring (bicyclic) bond motifs is 12. The Morgan fingerprint density at radius 1 is 0.310 bits per heavy atom. The summed E-state index contributed by atoms with van der Waals surface area (Å²) in [7, 11) is 0. The van der Waals surface area contributed by atoms with Crippen LogP contribution in [0.2, 0.25) is 0 Å². The Morgan fingerprint density at radius 3 is 1.60 bits per heavy atom. The van der Waals surface area contributed by atoms with Crippen LogP contribution in [0.5, 0.6) is 0 Å². The molecule has 0 spiro atoms. The smallest absolute Gasteiger partial charge is 0.164 e. The zero-order valence-corrected chi connectivity index (χ0v) is 31.2. The van der Waals surface area contributed by atoms with Crippen molar-refractivity contribution in [3.63, 3.8) is 0 Å². The van der Waals surface area contributed by atoms with Crippen molar-refractivity contribution in [1.82, 2.24) is 28.9 Å². The molecule has 0 bridgehead atoms. The monoisotopic (exact) mass is 740 g/mol. The van der Waals surface area contributed by atoms with E-state index in [-0.39, 0.29) is 0 Å². The molecule has 0 fully saturated rings. The number of aromatic nitrogens is 6. The molecular weight excluding hydrogens is 709 g/mol. The van der Waals surface area contributed by atoms with Crippen molar-refractivity contribution in [2.24, 2.45) is 0 Å². The Hall–Kier alpha value is -7.96. The maximum atomic E-state index is 5.29. The minimum atomic E-state index is 0.635. The lowest BCUT2D eigenvalue weighted by Gasteiger charge is -2.12. The number of benzene rings is 8. The van der Waals surface area contributed by atoms with Crippen molar-refractivity contribution in [2.75, 3.05) is 0 Å². The summed E-state index contributed by atoms with van der Waals surface area (Å²) in [5.41, 5.74) is 12.6. The summed E-state index contributed by atoms with van der Waals surface area (Å²) < 4.78 is 4.73. The molecule has 4 aromatic heterocycles. The summed E-state index contributed by atoms with van der Waals surface area (Å²) in [5.74, 6) is 1.93. The second kappa shape index (κ2) is 12.8. The first-order chi connectivity index (χ1) is 28.8. The number of imidazole rings is 1. The van der Waals surface area contributed by atoms with Gasteiger partial charge >= 0.3 is 0 Å². The molecule has 270 valence electrons. The van der Waals surface area contributed by atoms with E-state index in [4.69, 9.17) is 19.9 Å². The zero-order chi connectivity index (χ0) is 38.2. The molecule has 0 amide bonds. The summed E-state index contributed by atoms with van der Waals surface area (Å²) in [6.07, 6.45) is 0. The number of para-hydroxylation sites is 4. The minimum absolute atomic E-state index is 0.635. The number of pyridine rings is 1. The van der Waals surface area contributed by atoms with Crippen molar-refractivity contribution in [2.45, 2.75) is 0 Å². The summed E-state index contributed by atoms with van der Waals surface area (Å²) in [5, 5.41) is 5.99. The SMILES string of the molecule is c1ccc(-c2nc(-c3ccccc3)nc(-c3cccc(-c4ccc(-n5c6ccccc6c6c7c(ccc65)c5ccccc5n5c6ccccc6nc75)cc4)c3)n2)cc1. The van der Waals surface area contributed by atoms with Gasteiger partial charge in [0.1, 0.15) is 5.65 Å². The third kappa shape index (κ3) is 4.98. The lowest BCUT2D eigenvalue weighted by molar-refractivity contribution is 1.07. The predicted molar refractivity (Wildman–Crippen MR) is 237 cm³/mol. The molecule has 0 aliphatic rings. The van der Waals surface area contributed by atoms with E-state index < -0.39 is 0 Å². The first-order valence-corrected chi connectivity index (χ1v) is 19.5. The van der Waals surface area contributed by atoms with E-state index in [9.17, 15) is 0 Å². The van der Waals surface area contributed by atoms with Crippen LogP contribution < -0.4 is 0 Å². The number of hydrogen-bond donors (Lipinski definition) is 0. The van der Waals surface area contributed by atoms with Gasteiger partial charge in [-0.1, -0.05) is 146 Å². The van der Waals surface area contributed by atoms with Crippen LogP contribution in [0.3, 0.4) is 0 Å². The molecular formula is C52H32N6. The van der Waals surface area contributed by atoms with Crippen LogP contribution in [-0.2, 0) is 0 Å². The molecule has 12 rings (SSSR count). The number of hydrogen-bond acceptors (Lipinski definition) is 4. The number of nitrogens with zero attached hydrogens (tertiary/aromatic N) is 6.